The second kappa shape index (κ2) is 6.64. The van der Waals surface area contributed by atoms with Crippen molar-refractivity contribution in [2.75, 3.05) is 19.6 Å². The fourth-order valence-electron chi connectivity index (χ4n) is 2.25. The van der Waals surface area contributed by atoms with Crippen molar-refractivity contribution in [2.45, 2.75) is 59.2 Å². The molecule has 0 aromatic carbocycles. The first-order valence-corrected chi connectivity index (χ1v) is 6.53. The van der Waals surface area contributed by atoms with Crippen molar-refractivity contribution in [3.8, 4) is 0 Å². The van der Waals surface area contributed by atoms with Crippen LogP contribution in [0.3, 0.4) is 0 Å². The zero-order chi connectivity index (χ0) is 12.9. The van der Waals surface area contributed by atoms with Crippen molar-refractivity contribution < 1.29 is 13.5 Å². The Hall–Kier alpha value is -0.220. The largest absolute Gasteiger partial charge is 0.345 e. The summed E-state index contributed by atoms with van der Waals surface area (Å²) in [5, 5.41) is 0. The summed E-state index contributed by atoms with van der Waals surface area (Å²) in [4.78, 5) is 2.36. The van der Waals surface area contributed by atoms with Gasteiger partial charge in [-0.2, -0.15) is 8.78 Å². The number of hydrogen-bond acceptors (Lipinski definition) is 2. The molecule has 0 amide bonds. The number of halogens is 2. The Labute approximate surface area is 103 Å². The van der Waals surface area contributed by atoms with Crippen LogP contribution in [0.15, 0.2) is 0 Å². The lowest BCUT2D eigenvalue weighted by Crippen LogP contribution is -2.38. The van der Waals surface area contributed by atoms with Crippen LogP contribution in [0, 0.1) is 5.41 Å². The molecule has 0 spiro atoms. The number of piperidine rings is 1. The molecule has 2 nitrogen and oxygen atoms in total. The van der Waals surface area contributed by atoms with Gasteiger partial charge in [-0.1, -0.05) is 20.8 Å². The summed E-state index contributed by atoms with van der Waals surface area (Å²) < 4.78 is 28.6. The van der Waals surface area contributed by atoms with Crippen LogP contribution in [0.5, 0.6) is 0 Å². The molecule has 0 aromatic rings. The van der Waals surface area contributed by atoms with E-state index in [1.807, 2.05) is 0 Å². The van der Waals surface area contributed by atoms with Gasteiger partial charge >= 0.3 is 6.61 Å². The van der Waals surface area contributed by atoms with Gasteiger partial charge in [-0.05, 0) is 37.6 Å². The van der Waals surface area contributed by atoms with E-state index in [1.165, 1.54) is 12.8 Å². The maximum absolute atomic E-state index is 12.0. The molecule has 1 fully saturated rings. The summed E-state index contributed by atoms with van der Waals surface area (Å²) in [5.74, 6) is 0. The predicted molar refractivity (Wildman–Crippen MR) is 65.2 cm³/mol. The molecular weight excluding hydrogens is 224 g/mol. The van der Waals surface area contributed by atoms with E-state index < -0.39 is 6.61 Å². The lowest BCUT2D eigenvalue weighted by Gasteiger charge is -2.32. The third kappa shape index (κ3) is 6.94. The van der Waals surface area contributed by atoms with Crippen LogP contribution in [0.25, 0.3) is 0 Å². The Bertz CT molecular complexity index is 208. The van der Waals surface area contributed by atoms with E-state index in [9.17, 15) is 8.78 Å². The number of rotatable bonds is 5. The monoisotopic (exact) mass is 249 g/mol. The lowest BCUT2D eigenvalue weighted by atomic mass is 9.90. The Kier molecular flexibility index (Phi) is 5.80. The van der Waals surface area contributed by atoms with Gasteiger partial charge < -0.3 is 9.64 Å². The average molecular weight is 249 g/mol. The van der Waals surface area contributed by atoms with Crippen LogP contribution in [0.4, 0.5) is 8.78 Å². The predicted octanol–water partition coefficient (Wildman–Crippen LogP) is 3.52. The molecule has 0 unspecified atom stereocenters. The second-order valence-electron chi connectivity index (χ2n) is 6.10. The molecule has 1 heterocycles. The number of hydrogen-bond donors (Lipinski definition) is 0. The molecule has 0 N–H and O–H groups in total. The van der Waals surface area contributed by atoms with Crippen LogP contribution < -0.4 is 0 Å². The standard InChI is InChI=1S/C13H25F2NO/c1-13(2,3)7-4-8-16-9-5-11(6-10-16)17-12(14)15/h11-12H,4-10H2,1-3H3. The van der Waals surface area contributed by atoms with Crippen molar-refractivity contribution in [3.05, 3.63) is 0 Å². The van der Waals surface area contributed by atoms with E-state index in [4.69, 9.17) is 0 Å². The highest BCUT2D eigenvalue weighted by Crippen LogP contribution is 2.22. The molecule has 102 valence electrons. The number of nitrogens with zero attached hydrogens (tertiary/aromatic N) is 1. The van der Waals surface area contributed by atoms with Gasteiger partial charge in [0.2, 0.25) is 0 Å². The fourth-order valence-corrected chi connectivity index (χ4v) is 2.25. The minimum absolute atomic E-state index is 0.242. The lowest BCUT2D eigenvalue weighted by molar-refractivity contribution is -0.172. The zero-order valence-electron chi connectivity index (χ0n) is 11.2. The maximum atomic E-state index is 12.0. The van der Waals surface area contributed by atoms with Crippen molar-refractivity contribution in [1.29, 1.82) is 0 Å². The van der Waals surface area contributed by atoms with Crippen molar-refractivity contribution >= 4 is 0 Å². The van der Waals surface area contributed by atoms with E-state index >= 15 is 0 Å². The Morgan fingerprint density at radius 2 is 1.82 bits per heavy atom. The summed E-state index contributed by atoms with van der Waals surface area (Å²) in [6.45, 7) is 6.98. The molecule has 0 radical (unpaired) electrons. The van der Waals surface area contributed by atoms with Crippen LogP contribution in [-0.2, 0) is 4.74 Å². The highest BCUT2D eigenvalue weighted by molar-refractivity contribution is 4.73. The van der Waals surface area contributed by atoms with Gasteiger partial charge in [0, 0.05) is 13.1 Å². The molecule has 0 saturated carbocycles. The third-order valence-corrected chi connectivity index (χ3v) is 3.23. The highest BCUT2D eigenvalue weighted by atomic mass is 19.3. The SMILES string of the molecule is CC(C)(C)CCCN1CCC(OC(F)F)CC1. The molecule has 0 aliphatic carbocycles. The number of ether oxygens (including phenoxy) is 1. The zero-order valence-corrected chi connectivity index (χ0v) is 11.2. The first-order chi connectivity index (χ1) is 7.87. The molecule has 1 saturated heterocycles. The average Bonchev–Trinajstić information content (AvgIpc) is 2.18. The minimum Gasteiger partial charge on any atom is -0.320 e. The summed E-state index contributed by atoms with van der Waals surface area (Å²) in [6, 6.07) is 0. The van der Waals surface area contributed by atoms with E-state index in [0.717, 1.165) is 32.5 Å². The number of alkyl halides is 2. The topological polar surface area (TPSA) is 12.5 Å². The minimum atomic E-state index is -2.62. The number of likely N-dealkylation sites (tertiary alicyclic amines) is 1. The molecule has 17 heavy (non-hydrogen) atoms. The highest BCUT2D eigenvalue weighted by Gasteiger charge is 2.22. The fraction of sp³-hybridized carbons (Fsp3) is 1.00. The molecule has 4 heteroatoms. The summed E-state index contributed by atoms with van der Waals surface area (Å²) >= 11 is 0. The van der Waals surface area contributed by atoms with Gasteiger partial charge in [0.1, 0.15) is 0 Å². The summed E-state index contributed by atoms with van der Waals surface area (Å²) in [7, 11) is 0. The van der Waals surface area contributed by atoms with Crippen LogP contribution in [-0.4, -0.2) is 37.2 Å². The summed E-state index contributed by atoms with van der Waals surface area (Å²) in [5.41, 5.74) is 0.386. The Balaban J connectivity index is 2.11. The van der Waals surface area contributed by atoms with Crippen LogP contribution >= 0.6 is 0 Å². The molecular formula is C13H25F2NO. The Morgan fingerprint density at radius 1 is 1.24 bits per heavy atom. The molecule has 1 aliphatic rings. The maximum Gasteiger partial charge on any atom is 0.345 e. The second-order valence-corrected chi connectivity index (χ2v) is 6.10. The molecule has 1 aliphatic heterocycles. The van der Waals surface area contributed by atoms with Crippen LogP contribution in [0.2, 0.25) is 0 Å². The summed E-state index contributed by atoms with van der Waals surface area (Å²) in [6.07, 6.45) is 3.62. The van der Waals surface area contributed by atoms with Crippen molar-refractivity contribution in [2.24, 2.45) is 5.41 Å². The van der Waals surface area contributed by atoms with Gasteiger partial charge in [-0.15, -0.1) is 0 Å². The van der Waals surface area contributed by atoms with Gasteiger partial charge in [-0.25, -0.2) is 0 Å². The normalized spacial score (nSPS) is 20.1. The van der Waals surface area contributed by atoms with Gasteiger partial charge in [0.25, 0.3) is 0 Å². The molecule has 0 aromatic heterocycles. The van der Waals surface area contributed by atoms with Crippen molar-refractivity contribution in [1.82, 2.24) is 4.90 Å². The molecule has 0 atom stereocenters. The Morgan fingerprint density at radius 3 is 2.29 bits per heavy atom. The first-order valence-electron chi connectivity index (χ1n) is 6.53. The smallest absolute Gasteiger partial charge is 0.320 e. The van der Waals surface area contributed by atoms with E-state index in [-0.39, 0.29) is 6.10 Å². The third-order valence-electron chi connectivity index (χ3n) is 3.23. The first kappa shape index (κ1) is 14.8. The van der Waals surface area contributed by atoms with E-state index in [2.05, 4.69) is 30.4 Å². The molecule has 0 bridgehead atoms. The van der Waals surface area contributed by atoms with E-state index in [1.54, 1.807) is 0 Å². The van der Waals surface area contributed by atoms with Gasteiger partial charge in [0.15, 0.2) is 0 Å². The van der Waals surface area contributed by atoms with Crippen molar-refractivity contribution in [3.63, 3.8) is 0 Å². The van der Waals surface area contributed by atoms with Crippen LogP contribution in [0.1, 0.15) is 46.5 Å². The molecule has 1 rings (SSSR count). The van der Waals surface area contributed by atoms with Gasteiger partial charge in [0.05, 0.1) is 6.10 Å². The van der Waals surface area contributed by atoms with Gasteiger partial charge in [-0.3, -0.25) is 0 Å². The quantitative estimate of drug-likeness (QED) is 0.739. The van der Waals surface area contributed by atoms with E-state index in [0.29, 0.717) is 5.41 Å².